The van der Waals surface area contributed by atoms with Gasteiger partial charge in [0.25, 0.3) is 0 Å². The van der Waals surface area contributed by atoms with Crippen molar-refractivity contribution in [2.75, 3.05) is 20.8 Å². The first-order chi connectivity index (χ1) is 15.4. The third-order valence-electron chi connectivity index (χ3n) is 5.62. The molecule has 7 nitrogen and oxygen atoms in total. The van der Waals surface area contributed by atoms with E-state index in [0.29, 0.717) is 29.5 Å². The van der Waals surface area contributed by atoms with Gasteiger partial charge in [-0.3, -0.25) is 4.79 Å². The zero-order valence-corrected chi connectivity index (χ0v) is 19.2. The lowest BCUT2D eigenvalue weighted by molar-refractivity contribution is -0.120. The number of benzene rings is 2. The molecule has 2 aromatic carbocycles. The standard InChI is InChI=1S/C24H25ClN2O5/c1-13-19(14(2)32-27-13)11-23(28)26-12-18-8-16-7-15(9-21(25)24(16)31-18)20-10-17(29-3)5-6-22(20)30-4/h5-7,9-10,18H,8,11-12H2,1-4H3,(H,26,28)/t18-/m0/s1. The topological polar surface area (TPSA) is 82.8 Å². The van der Waals surface area contributed by atoms with Gasteiger partial charge < -0.3 is 24.1 Å². The number of fused-ring (bicyclic) bond motifs is 1. The molecule has 0 aliphatic carbocycles. The Morgan fingerprint density at radius 1 is 1.22 bits per heavy atom. The SMILES string of the molecule is COc1ccc(OC)c(-c2cc(Cl)c3c(c2)C[C@@H](CNC(=O)Cc2c(C)noc2C)O3)c1. The van der Waals surface area contributed by atoms with Gasteiger partial charge in [0.2, 0.25) is 5.91 Å². The lowest BCUT2D eigenvalue weighted by atomic mass is 9.99. The van der Waals surface area contributed by atoms with E-state index in [1.54, 1.807) is 21.1 Å². The molecule has 1 aromatic heterocycles. The van der Waals surface area contributed by atoms with E-state index in [0.717, 1.165) is 39.4 Å². The Balaban J connectivity index is 1.46. The largest absolute Gasteiger partial charge is 0.497 e. The van der Waals surface area contributed by atoms with Gasteiger partial charge in [0.15, 0.2) is 0 Å². The molecule has 1 aliphatic rings. The van der Waals surface area contributed by atoms with Gasteiger partial charge >= 0.3 is 0 Å². The number of amides is 1. The fourth-order valence-corrected chi connectivity index (χ4v) is 4.19. The van der Waals surface area contributed by atoms with Crippen LogP contribution < -0.4 is 19.5 Å². The first-order valence-corrected chi connectivity index (χ1v) is 10.7. The first-order valence-electron chi connectivity index (χ1n) is 10.3. The van der Waals surface area contributed by atoms with Crippen molar-refractivity contribution in [3.05, 3.63) is 57.9 Å². The van der Waals surface area contributed by atoms with Crippen LogP contribution >= 0.6 is 11.6 Å². The average Bonchev–Trinajstić information content (AvgIpc) is 3.35. The Kier molecular flexibility index (Phi) is 6.28. The minimum absolute atomic E-state index is 0.105. The van der Waals surface area contributed by atoms with Crippen molar-refractivity contribution in [2.24, 2.45) is 0 Å². The molecule has 32 heavy (non-hydrogen) atoms. The molecule has 1 amide bonds. The Morgan fingerprint density at radius 3 is 2.72 bits per heavy atom. The van der Waals surface area contributed by atoms with Crippen LogP contribution in [0, 0.1) is 13.8 Å². The monoisotopic (exact) mass is 456 g/mol. The highest BCUT2D eigenvalue weighted by atomic mass is 35.5. The number of rotatable bonds is 7. The molecule has 1 aliphatic heterocycles. The number of carbonyl (C=O) groups is 1. The van der Waals surface area contributed by atoms with Crippen molar-refractivity contribution in [1.82, 2.24) is 10.5 Å². The molecule has 4 rings (SSSR count). The third-order valence-corrected chi connectivity index (χ3v) is 5.90. The van der Waals surface area contributed by atoms with Crippen LogP contribution in [0.4, 0.5) is 0 Å². The number of hydrogen-bond donors (Lipinski definition) is 1. The van der Waals surface area contributed by atoms with Gasteiger partial charge in [-0.15, -0.1) is 0 Å². The van der Waals surface area contributed by atoms with Crippen molar-refractivity contribution in [1.29, 1.82) is 0 Å². The summed E-state index contributed by atoms with van der Waals surface area (Å²) in [4.78, 5) is 12.4. The third kappa shape index (κ3) is 4.39. The van der Waals surface area contributed by atoms with Crippen LogP contribution in [-0.2, 0) is 17.6 Å². The van der Waals surface area contributed by atoms with Crippen LogP contribution in [0.3, 0.4) is 0 Å². The lowest BCUT2D eigenvalue weighted by Gasteiger charge is -2.13. The average molecular weight is 457 g/mol. The first kappa shape index (κ1) is 22.0. The maximum Gasteiger partial charge on any atom is 0.224 e. The molecular weight excluding hydrogens is 432 g/mol. The highest BCUT2D eigenvalue weighted by Crippen LogP contribution is 2.42. The Morgan fingerprint density at radius 2 is 2.03 bits per heavy atom. The number of aryl methyl sites for hydroxylation is 2. The van der Waals surface area contributed by atoms with E-state index in [1.807, 2.05) is 37.3 Å². The van der Waals surface area contributed by atoms with Crippen LogP contribution in [0.15, 0.2) is 34.9 Å². The molecule has 0 fully saturated rings. The summed E-state index contributed by atoms with van der Waals surface area (Å²) in [5.74, 6) is 2.67. The fraction of sp³-hybridized carbons (Fsp3) is 0.333. The van der Waals surface area contributed by atoms with Crippen molar-refractivity contribution < 1.29 is 23.5 Å². The molecule has 1 atom stereocenters. The van der Waals surface area contributed by atoms with Crippen LogP contribution in [0.25, 0.3) is 11.1 Å². The highest BCUT2D eigenvalue weighted by Gasteiger charge is 2.27. The second kappa shape index (κ2) is 9.12. The summed E-state index contributed by atoms with van der Waals surface area (Å²) < 4.78 is 22.0. The maximum atomic E-state index is 12.4. The second-order valence-electron chi connectivity index (χ2n) is 7.74. The van der Waals surface area contributed by atoms with Crippen LogP contribution in [0.2, 0.25) is 5.02 Å². The Bertz CT molecular complexity index is 1140. The smallest absolute Gasteiger partial charge is 0.224 e. The summed E-state index contributed by atoms with van der Waals surface area (Å²) in [7, 11) is 3.25. The quantitative estimate of drug-likeness (QED) is 0.571. The molecule has 0 spiro atoms. The van der Waals surface area contributed by atoms with Gasteiger partial charge in [-0.2, -0.15) is 0 Å². The number of methoxy groups -OCH3 is 2. The van der Waals surface area contributed by atoms with Gasteiger partial charge in [0, 0.05) is 23.1 Å². The number of hydrogen-bond acceptors (Lipinski definition) is 6. The second-order valence-corrected chi connectivity index (χ2v) is 8.15. The van der Waals surface area contributed by atoms with Crippen LogP contribution in [-0.4, -0.2) is 37.9 Å². The molecule has 0 saturated heterocycles. The molecule has 0 saturated carbocycles. The van der Waals surface area contributed by atoms with E-state index < -0.39 is 0 Å². The number of ether oxygens (including phenoxy) is 3. The fourth-order valence-electron chi connectivity index (χ4n) is 3.90. The molecule has 2 heterocycles. The molecule has 1 N–H and O–H groups in total. The molecule has 0 bridgehead atoms. The van der Waals surface area contributed by atoms with E-state index in [9.17, 15) is 4.79 Å². The van der Waals surface area contributed by atoms with Gasteiger partial charge in [0.05, 0.1) is 37.9 Å². The number of nitrogens with one attached hydrogen (secondary N) is 1. The van der Waals surface area contributed by atoms with Crippen molar-refractivity contribution in [3.63, 3.8) is 0 Å². The summed E-state index contributed by atoms with van der Waals surface area (Å²) in [6.45, 7) is 4.01. The number of aromatic nitrogens is 1. The summed E-state index contributed by atoms with van der Waals surface area (Å²) in [6.07, 6.45) is 0.667. The van der Waals surface area contributed by atoms with E-state index in [4.69, 9.17) is 30.3 Å². The van der Waals surface area contributed by atoms with E-state index >= 15 is 0 Å². The zero-order chi connectivity index (χ0) is 22.8. The Hall–Kier alpha value is -3.19. The van der Waals surface area contributed by atoms with Gasteiger partial charge in [-0.05, 0) is 49.7 Å². The summed E-state index contributed by atoms with van der Waals surface area (Å²) in [6, 6.07) is 9.53. The predicted molar refractivity (Wildman–Crippen MR) is 121 cm³/mol. The number of halogens is 1. The normalized spacial score (nSPS) is 14.6. The zero-order valence-electron chi connectivity index (χ0n) is 18.5. The summed E-state index contributed by atoms with van der Waals surface area (Å²) in [5, 5.41) is 7.35. The predicted octanol–water partition coefficient (Wildman–Crippen LogP) is 4.29. The minimum Gasteiger partial charge on any atom is -0.497 e. The van der Waals surface area contributed by atoms with E-state index in [-0.39, 0.29) is 18.4 Å². The van der Waals surface area contributed by atoms with Gasteiger partial charge in [0.1, 0.15) is 29.1 Å². The molecule has 0 unspecified atom stereocenters. The van der Waals surface area contributed by atoms with Crippen molar-refractivity contribution in [2.45, 2.75) is 32.8 Å². The molecule has 8 heteroatoms. The highest BCUT2D eigenvalue weighted by molar-refractivity contribution is 6.32. The Labute approximate surface area is 191 Å². The maximum absolute atomic E-state index is 12.4. The van der Waals surface area contributed by atoms with E-state index in [2.05, 4.69) is 10.5 Å². The van der Waals surface area contributed by atoms with Gasteiger partial charge in [-0.1, -0.05) is 16.8 Å². The molecule has 168 valence electrons. The lowest BCUT2D eigenvalue weighted by Crippen LogP contribution is -2.35. The molecule has 3 aromatic rings. The van der Waals surface area contributed by atoms with Crippen LogP contribution in [0.5, 0.6) is 17.2 Å². The van der Waals surface area contributed by atoms with Crippen molar-refractivity contribution in [3.8, 4) is 28.4 Å². The number of nitrogens with zero attached hydrogens (tertiary/aromatic N) is 1. The van der Waals surface area contributed by atoms with Gasteiger partial charge in [-0.25, -0.2) is 0 Å². The van der Waals surface area contributed by atoms with E-state index in [1.165, 1.54) is 0 Å². The number of carbonyl (C=O) groups excluding carboxylic acids is 1. The molecule has 0 radical (unpaired) electrons. The van der Waals surface area contributed by atoms with Crippen molar-refractivity contribution >= 4 is 17.5 Å². The van der Waals surface area contributed by atoms with Crippen LogP contribution in [0.1, 0.15) is 22.6 Å². The summed E-state index contributed by atoms with van der Waals surface area (Å²) in [5.41, 5.74) is 4.33. The molecular formula is C24H25ClN2O5. The summed E-state index contributed by atoms with van der Waals surface area (Å²) >= 11 is 6.55. The minimum atomic E-state index is -0.196.